The summed E-state index contributed by atoms with van der Waals surface area (Å²) in [5, 5.41) is 7.11. The van der Waals surface area contributed by atoms with Crippen LogP contribution in [0.5, 0.6) is 0 Å². The standard InChI is InChI=1S/C16H18N4O2/c1-10(17-18-15(21)12-8-9-12)14-11(2)19-20(16(14)22)13-6-4-3-5-7-13/h3-7,12,19H,8-9H2,1-2H3,(H,18,21). The second-order valence-electron chi connectivity index (χ2n) is 5.54. The van der Waals surface area contributed by atoms with Gasteiger partial charge in [0.15, 0.2) is 0 Å². The molecule has 6 heteroatoms. The number of benzene rings is 1. The number of nitrogens with zero attached hydrogens (tertiary/aromatic N) is 2. The zero-order valence-electron chi connectivity index (χ0n) is 12.6. The lowest BCUT2D eigenvalue weighted by atomic mass is 10.2. The third kappa shape index (κ3) is 2.72. The largest absolute Gasteiger partial charge is 0.295 e. The first kappa shape index (κ1) is 14.3. The van der Waals surface area contributed by atoms with Gasteiger partial charge in [0.05, 0.1) is 17.0 Å². The summed E-state index contributed by atoms with van der Waals surface area (Å²) in [6, 6.07) is 9.33. The van der Waals surface area contributed by atoms with Gasteiger partial charge in [-0.05, 0) is 38.8 Å². The van der Waals surface area contributed by atoms with Gasteiger partial charge in [0, 0.05) is 11.6 Å². The molecule has 2 N–H and O–H groups in total. The summed E-state index contributed by atoms with van der Waals surface area (Å²) in [4.78, 5) is 24.2. The highest BCUT2D eigenvalue weighted by molar-refractivity contribution is 6.00. The van der Waals surface area contributed by atoms with Crippen molar-refractivity contribution in [3.63, 3.8) is 0 Å². The maximum absolute atomic E-state index is 12.6. The zero-order valence-corrected chi connectivity index (χ0v) is 12.6. The number of rotatable bonds is 4. The van der Waals surface area contributed by atoms with E-state index in [1.807, 2.05) is 37.3 Å². The summed E-state index contributed by atoms with van der Waals surface area (Å²) in [6.07, 6.45) is 1.84. The SMILES string of the molecule is CC(=NNC(=O)C1CC1)c1c(C)[nH]n(-c2ccccc2)c1=O. The van der Waals surface area contributed by atoms with Crippen LogP contribution in [0.25, 0.3) is 5.69 Å². The van der Waals surface area contributed by atoms with Crippen molar-refractivity contribution in [1.82, 2.24) is 15.2 Å². The van der Waals surface area contributed by atoms with Gasteiger partial charge in [-0.3, -0.25) is 14.7 Å². The minimum Gasteiger partial charge on any atom is -0.295 e. The number of aromatic amines is 1. The molecule has 0 bridgehead atoms. The van der Waals surface area contributed by atoms with Crippen LogP contribution >= 0.6 is 0 Å². The van der Waals surface area contributed by atoms with Crippen LogP contribution in [0.15, 0.2) is 40.2 Å². The minimum atomic E-state index is -0.175. The Morgan fingerprint density at radius 1 is 1.32 bits per heavy atom. The number of carbonyl (C=O) groups is 1. The Kier molecular flexibility index (Phi) is 3.66. The molecule has 0 aliphatic heterocycles. The Labute approximate surface area is 127 Å². The number of carbonyl (C=O) groups excluding carboxylic acids is 1. The average molecular weight is 298 g/mol. The Hall–Kier alpha value is -2.63. The fraction of sp³-hybridized carbons (Fsp3) is 0.312. The second kappa shape index (κ2) is 5.63. The highest BCUT2D eigenvalue weighted by Crippen LogP contribution is 2.28. The van der Waals surface area contributed by atoms with E-state index >= 15 is 0 Å². The van der Waals surface area contributed by atoms with Crippen molar-refractivity contribution in [2.24, 2.45) is 11.0 Å². The van der Waals surface area contributed by atoms with Crippen LogP contribution in [0.4, 0.5) is 0 Å². The molecule has 0 saturated heterocycles. The van der Waals surface area contributed by atoms with Crippen LogP contribution in [-0.4, -0.2) is 21.4 Å². The van der Waals surface area contributed by atoms with Crippen LogP contribution in [-0.2, 0) is 4.79 Å². The van der Waals surface area contributed by atoms with E-state index in [1.165, 1.54) is 4.68 Å². The number of aryl methyl sites for hydroxylation is 1. The van der Waals surface area contributed by atoms with E-state index in [1.54, 1.807) is 6.92 Å². The zero-order chi connectivity index (χ0) is 15.7. The Bertz CT molecular complexity index is 782. The van der Waals surface area contributed by atoms with Crippen molar-refractivity contribution in [2.75, 3.05) is 0 Å². The fourth-order valence-corrected chi connectivity index (χ4v) is 2.36. The number of amides is 1. The molecule has 1 aromatic carbocycles. The van der Waals surface area contributed by atoms with Gasteiger partial charge < -0.3 is 0 Å². The predicted molar refractivity (Wildman–Crippen MR) is 84.2 cm³/mol. The first-order valence-corrected chi connectivity index (χ1v) is 7.29. The van der Waals surface area contributed by atoms with Gasteiger partial charge in [-0.2, -0.15) is 5.10 Å². The van der Waals surface area contributed by atoms with Crippen LogP contribution < -0.4 is 11.0 Å². The van der Waals surface area contributed by atoms with Gasteiger partial charge in [0.25, 0.3) is 5.56 Å². The molecule has 1 aliphatic carbocycles. The molecule has 0 spiro atoms. The lowest BCUT2D eigenvalue weighted by Gasteiger charge is -2.00. The van der Waals surface area contributed by atoms with Gasteiger partial charge in [0.2, 0.25) is 5.91 Å². The topological polar surface area (TPSA) is 79.2 Å². The van der Waals surface area contributed by atoms with Gasteiger partial charge in [-0.1, -0.05) is 18.2 Å². The number of nitrogens with one attached hydrogen (secondary N) is 2. The van der Waals surface area contributed by atoms with Crippen molar-refractivity contribution >= 4 is 11.6 Å². The molecule has 6 nitrogen and oxygen atoms in total. The smallest absolute Gasteiger partial charge is 0.280 e. The highest BCUT2D eigenvalue weighted by Gasteiger charge is 2.29. The number of hydrazone groups is 1. The summed E-state index contributed by atoms with van der Waals surface area (Å²) in [6.45, 7) is 3.54. The van der Waals surface area contributed by atoms with E-state index < -0.39 is 0 Å². The Morgan fingerprint density at radius 3 is 2.64 bits per heavy atom. The number of hydrogen-bond acceptors (Lipinski definition) is 3. The third-order valence-corrected chi connectivity index (χ3v) is 3.73. The summed E-state index contributed by atoms with van der Waals surface area (Å²) >= 11 is 0. The molecule has 1 aromatic heterocycles. The van der Waals surface area contributed by atoms with E-state index in [4.69, 9.17) is 0 Å². The minimum absolute atomic E-state index is 0.0732. The number of H-pyrrole nitrogens is 1. The molecule has 0 atom stereocenters. The molecule has 0 unspecified atom stereocenters. The number of aromatic nitrogens is 2. The van der Waals surface area contributed by atoms with E-state index in [0.29, 0.717) is 11.3 Å². The summed E-state index contributed by atoms with van der Waals surface area (Å²) in [7, 11) is 0. The summed E-state index contributed by atoms with van der Waals surface area (Å²) in [5.41, 5.74) is 4.83. The summed E-state index contributed by atoms with van der Waals surface area (Å²) < 4.78 is 1.48. The molecule has 1 aliphatic rings. The van der Waals surface area contributed by atoms with Gasteiger partial charge in [0.1, 0.15) is 0 Å². The molecule has 3 rings (SSSR count). The fourth-order valence-electron chi connectivity index (χ4n) is 2.36. The highest BCUT2D eigenvalue weighted by atomic mass is 16.2. The van der Waals surface area contributed by atoms with Crippen LogP contribution in [0.3, 0.4) is 0 Å². The molecule has 1 heterocycles. The molecular weight excluding hydrogens is 280 g/mol. The van der Waals surface area contributed by atoms with Gasteiger partial charge >= 0.3 is 0 Å². The van der Waals surface area contributed by atoms with Crippen molar-refractivity contribution in [3.05, 3.63) is 51.9 Å². The van der Waals surface area contributed by atoms with Crippen LogP contribution in [0, 0.1) is 12.8 Å². The maximum atomic E-state index is 12.6. The Morgan fingerprint density at radius 2 is 2.00 bits per heavy atom. The normalized spacial score (nSPS) is 14.9. The van der Waals surface area contributed by atoms with Crippen molar-refractivity contribution in [1.29, 1.82) is 0 Å². The van der Waals surface area contributed by atoms with Gasteiger partial charge in [-0.25, -0.2) is 10.1 Å². The maximum Gasteiger partial charge on any atom is 0.280 e. The first-order valence-electron chi connectivity index (χ1n) is 7.29. The monoisotopic (exact) mass is 298 g/mol. The lowest BCUT2D eigenvalue weighted by molar-refractivity contribution is -0.122. The second-order valence-corrected chi connectivity index (χ2v) is 5.54. The summed E-state index contributed by atoms with van der Waals surface area (Å²) in [5.74, 6) is 0.0146. The molecule has 2 aromatic rings. The van der Waals surface area contributed by atoms with E-state index in [2.05, 4.69) is 15.6 Å². The van der Waals surface area contributed by atoms with Crippen molar-refractivity contribution < 1.29 is 4.79 Å². The molecule has 1 fully saturated rings. The van der Waals surface area contributed by atoms with Gasteiger partial charge in [-0.15, -0.1) is 0 Å². The predicted octanol–water partition coefficient (Wildman–Crippen LogP) is 1.72. The third-order valence-electron chi connectivity index (χ3n) is 3.73. The Balaban J connectivity index is 1.91. The lowest BCUT2D eigenvalue weighted by Crippen LogP contribution is -2.24. The molecule has 0 radical (unpaired) electrons. The van der Waals surface area contributed by atoms with Crippen LogP contribution in [0.2, 0.25) is 0 Å². The molecule has 1 amide bonds. The first-order chi connectivity index (χ1) is 10.6. The quantitative estimate of drug-likeness (QED) is 0.666. The molecule has 114 valence electrons. The average Bonchev–Trinajstić information content (AvgIpc) is 3.32. The van der Waals surface area contributed by atoms with Crippen LogP contribution in [0.1, 0.15) is 31.0 Å². The van der Waals surface area contributed by atoms with Crippen molar-refractivity contribution in [3.8, 4) is 5.69 Å². The van der Waals surface area contributed by atoms with E-state index in [9.17, 15) is 9.59 Å². The molecular formula is C16H18N4O2. The van der Waals surface area contributed by atoms with Crippen molar-refractivity contribution in [2.45, 2.75) is 26.7 Å². The number of para-hydroxylation sites is 1. The van der Waals surface area contributed by atoms with E-state index in [0.717, 1.165) is 24.2 Å². The van der Waals surface area contributed by atoms with E-state index in [-0.39, 0.29) is 17.4 Å². The molecule has 1 saturated carbocycles. The number of hydrogen-bond donors (Lipinski definition) is 2. The molecule has 22 heavy (non-hydrogen) atoms.